The van der Waals surface area contributed by atoms with Crippen LogP contribution in [0.2, 0.25) is 0 Å². The zero-order chi connectivity index (χ0) is 15.2. The van der Waals surface area contributed by atoms with E-state index in [1.807, 2.05) is 0 Å². The summed E-state index contributed by atoms with van der Waals surface area (Å²) in [6.07, 6.45) is 2.56. The van der Waals surface area contributed by atoms with Gasteiger partial charge in [0.05, 0.1) is 6.54 Å². The fraction of sp³-hybridized carbons (Fsp3) is 0.333. The predicted octanol–water partition coefficient (Wildman–Crippen LogP) is -1.07. The normalized spacial score (nSPS) is 12.3. The third-order valence-corrected chi connectivity index (χ3v) is 3.78. The number of sulfonamides is 1. The number of nitrogens with one attached hydrogen (secondary N) is 1. The second-order valence-electron chi connectivity index (χ2n) is 4.11. The summed E-state index contributed by atoms with van der Waals surface area (Å²) in [5.41, 5.74) is 10.7. The van der Waals surface area contributed by atoms with Gasteiger partial charge in [-0.15, -0.1) is 0 Å². The smallest absolute Gasteiger partial charge is 0.242 e. The van der Waals surface area contributed by atoms with E-state index >= 15 is 0 Å². The van der Waals surface area contributed by atoms with Crippen LogP contribution in [0.4, 0.5) is 0 Å². The first kappa shape index (κ1) is 16.1. The summed E-state index contributed by atoms with van der Waals surface area (Å²) in [4.78, 5) is 14.5. The Morgan fingerprint density at radius 3 is 2.80 bits per heavy atom. The molecule has 0 aromatic carbocycles. The zero-order valence-corrected chi connectivity index (χ0v) is 11.8. The molecule has 0 saturated heterocycles. The summed E-state index contributed by atoms with van der Waals surface area (Å²) in [6, 6.07) is 0.783. The van der Waals surface area contributed by atoms with Gasteiger partial charge in [0.25, 0.3) is 0 Å². The standard InChI is InChI=1S/C12H16N4O3S/c1-9(5-12(14)17)16-20(18,19)11-6-10(3-2-4-13)7-15-8-11/h6-9,16H,4-5,13H2,1H3,(H2,14,17). The van der Waals surface area contributed by atoms with Gasteiger partial charge in [-0.2, -0.15) is 0 Å². The van der Waals surface area contributed by atoms with Gasteiger partial charge in [0.15, 0.2) is 0 Å². The number of hydrogen-bond acceptors (Lipinski definition) is 5. The lowest BCUT2D eigenvalue weighted by atomic mass is 10.2. The lowest BCUT2D eigenvalue weighted by molar-refractivity contribution is -0.118. The highest BCUT2D eigenvalue weighted by Crippen LogP contribution is 2.10. The summed E-state index contributed by atoms with van der Waals surface area (Å²) in [6.45, 7) is 1.72. The molecular formula is C12H16N4O3S. The van der Waals surface area contributed by atoms with Gasteiger partial charge < -0.3 is 11.5 Å². The monoisotopic (exact) mass is 296 g/mol. The average molecular weight is 296 g/mol. The highest BCUT2D eigenvalue weighted by molar-refractivity contribution is 7.89. The molecular weight excluding hydrogens is 280 g/mol. The number of aromatic nitrogens is 1. The fourth-order valence-corrected chi connectivity index (χ4v) is 2.69. The first-order valence-corrected chi connectivity index (χ1v) is 7.28. The first-order chi connectivity index (χ1) is 9.35. The molecule has 0 aliphatic heterocycles. The van der Waals surface area contributed by atoms with Gasteiger partial charge in [-0.05, 0) is 13.0 Å². The van der Waals surface area contributed by atoms with Crippen LogP contribution in [0.15, 0.2) is 23.4 Å². The maximum Gasteiger partial charge on any atom is 0.242 e. The van der Waals surface area contributed by atoms with Crippen molar-refractivity contribution < 1.29 is 13.2 Å². The van der Waals surface area contributed by atoms with Gasteiger partial charge in [-0.1, -0.05) is 11.8 Å². The number of nitrogens with zero attached hydrogens (tertiary/aromatic N) is 1. The van der Waals surface area contributed by atoms with E-state index in [0.717, 1.165) is 0 Å². The number of hydrogen-bond donors (Lipinski definition) is 3. The number of nitrogens with two attached hydrogens (primary N) is 2. The molecule has 20 heavy (non-hydrogen) atoms. The Morgan fingerprint density at radius 2 is 2.20 bits per heavy atom. The minimum absolute atomic E-state index is 0.0300. The van der Waals surface area contributed by atoms with E-state index in [0.29, 0.717) is 5.56 Å². The number of carbonyl (C=O) groups is 1. The SMILES string of the molecule is CC(CC(N)=O)NS(=O)(=O)c1cncc(C#CCN)c1. The van der Waals surface area contributed by atoms with E-state index in [9.17, 15) is 13.2 Å². The Balaban J connectivity index is 2.95. The zero-order valence-electron chi connectivity index (χ0n) is 11.0. The van der Waals surface area contributed by atoms with Crippen LogP contribution in [-0.4, -0.2) is 31.9 Å². The summed E-state index contributed by atoms with van der Waals surface area (Å²) in [5.74, 6) is 4.73. The predicted molar refractivity (Wildman–Crippen MR) is 73.8 cm³/mol. The number of carbonyl (C=O) groups excluding carboxylic acids is 1. The number of rotatable bonds is 5. The summed E-state index contributed by atoms with van der Waals surface area (Å²) in [5, 5.41) is 0. The first-order valence-electron chi connectivity index (χ1n) is 5.80. The van der Waals surface area contributed by atoms with E-state index in [4.69, 9.17) is 11.5 Å². The van der Waals surface area contributed by atoms with Crippen molar-refractivity contribution in [2.75, 3.05) is 6.54 Å². The lowest BCUT2D eigenvalue weighted by Crippen LogP contribution is -2.35. The van der Waals surface area contributed by atoms with Crippen molar-refractivity contribution in [3.05, 3.63) is 24.0 Å². The van der Waals surface area contributed by atoms with Crippen molar-refractivity contribution in [3.63, 3.8) is 0 Å². The van der Waals surface area contributed by atoms with Gasteiger partial charge >= 0.3 is 0 Å². The van der Waals surface area contributed by atoms with Crippen LogP contribution in [0.1, 0.15) is 18.9 Å². The van der Waals surface area contributed by atoms with Crippen LogP contribution in [0.25, 0.3) is 0 Å². The molecule has 0 aliphatic rings. The van der Waals surface area contributed by atoms with Crippen LogP contribution in [0.5, 0.6) is 0 Å². The molecule has 5 N–H and O–H groups in total. The van der Waals surface area contributed by atoms with Gasteiger partial charge in [0.1, 0.15) is 4.90 Å². The van der Waals surface area contributed by atoms with Crippen LogP contribution in [0.3, 0.4) is 0 Å². The number of amides is 1. The van der Waals surface area contributed by atoms with Gasteiger partial charge in [-0.25, -0.2) is 13.1 Å². The van der Waals surface area contributed by atoms with Gasteiger partial charge in [-0.3, -0.25) is 9.78 Å². The Kier molecular flexibility index (Phi) is 5.64. The molecule has 0 saturated carbocycles. The highest BCUT2D eigenvalue weighted by Gasteiger charge is 2.19. The van der Waals surface area contributed by atoms with Crippen LogP contribution < -0.4 is 16.2 Å². The van der Waals surface area contributed by atoms with Crippen molar-refractivity contribution in [2.24, 2.45) is 11.5 Å². The van der Waals surface area contributed by atoms with E-state index in [1.54, 1.807) is 6.92 Å². The molecule has 8 heteroatoms. The molecule has 1 atom stereocenters. The molecule has 0 bridgehead atoms. The minimum atomic E-state index is -3.77. The largest absolute Gasteiger partial charge is 0.370 e. The maximum atomic E-state index is 12.1. The molecule has 7 nitrogen and oxygen atoms in total. The van der Waals surface area contributed by atoms with Crippen molar-refractivity contribution >= 4 is 15.9 Å². The van der Waals surface area contributed by atoms with Crippen molar-refractivity contribution in [1.82, 2.24) is 9.71 Å². The maximum absolute atomic E-state index is 12.1. The topological polar surface area (TPSA) is 128 Å². The molecule has 1 unspecified atom stereocenters. The summed E-state index contributed by atoms with van der Waals surface area (Å²) >= 11 is 0. The number of primary amides is 1. The van der Waals surface area contributed by atoms with E-state index in [2.05, 4.69) is 21.5 Å². The molecule has 0 fully saturated rings. The third kappa shape index (κ3) is 4.97. The molecule has 1 amide bonds. The molecule has 0 aliphatic carbocycles. The van der Waals surface area contributed by atoms with Crippen LogP contribution >= 0.6 is 0 Å². The second kappa shape index (κ2) is 7.00. The molecule has 1 rings (SSSR count). The Morgan fingerprint density at radius 1 is 1.50 bits per heavy atom. The molecule has 1 heterocycles. The van der Waals surface area contributed by atoms with Crippen LogP contribution in [-0.2, 0) is 14.8 Å². The Bertz CT molecular complexity index is 646. The van der Waals surface area contributed by atoms with Crippen molar-refractivity contribution in [3.8, 4) is 11.8 Å². The van der Waals surface area contributed by atoms with Crippen molar-refractivity contribution in [1.29, 1.82) is 0 Å². The van der Waals surface area contributed by atoms with Crippen LogP contribution in [0, 0.1) is 11.8 Å². The molecule has 1 aromatic rings. The quantitative estimate of drug-likeness (QED) is 0.596. The third-order valence-electron chi connectivity index (χ3n) is 2.22. The average Bonchev–Trinajstić information content (AvgIpc) is 2.35. The van der Waals surface area contributed by atoms with Gasteiger partial charge in [0, 0.05) is 30.4 Å². The molecule has 0 spiro atoms. The second-order valence-corrected chi connectivity index (χ2v) is 5.82. The Hall–Kier alpha value is -1.95. The van der Waals surface area contributed by atoms with Gasteiger partial charge in [0.2, 0.25) is 15.9 Å². The molecule has 108 valence electrons. The van der Waals surface area contributed by atoms with Crippen molar-refractivity contribution in [2.45, 2.75) is 24.3 Å². The van der Waals surface area contributed by atoms with E-state index in [-0.39, 0.29) is 17.9 Å². The molecule has 0 radical (unpaired) electrons. The summed E-state index contributed by atoms with van der Waals surface area (Å²) < 4.78 is 26.5. The Labute approximate surface area is 117 Å². The highest BCUT2D eigenvalue weighted by atomic mass is 32.2. The summed E-state index contributed by atoms with van der Waals surface area (Å²) in [7, 11) is -3.77. The van der Waals surface area contributed by atoms with E-state index < -0.39 is 22.0 Å². The lowest BCUT2D eigenvalue weighted by Gasteiger charge is -2.12. The number of pyridine rings is 1. The molecule has 1 aromatic heterocycles. The van der Waals surface area contributed by atoms with E-state index in [1.165, 1.54) is 18.5 Å². The fourth-order valence-electron chi connectivity index (χ4n) is 1.46. The minimum Gasteiger partial charge on any atom is -0.370 e.